The zero-order chi connectivity index (χ0) is 14.3. The molecule has 0 saturated carbocycles. The molecule has 0 unspecified atom stereocenters. The molecule has 3 rings (SSSR count). The summed E-state index contributed by atoms with van der Waals surface area (Å²) in [6.07, 6.45) is 2.70. The quantitative estimate of drug-likeness (QED) is 0.797. The zero-order valence-electron chi connectivity index (χ0n) is 14.1. The first-order chi connectivity index (χ1) is 10.4. The molecule has 4 nitrogen and oxygen atoms in total. The van der Waals surface area contributed by atoms with E-state index in [2.05, 4.69) is 39.4 Å². The van der Waals surface area contributed by atoms with Crippen molar-refractivity contribution in [1.29, 1.82) is 0 Å². The van der Waals surface area contributed by atoms with Gasteiger partial charge in [-0.05, 0) is 43.6 Å². The largest absolute Gasteiger partial charge is 0.492 e. The lowest BCUT2D eigenvalue weighted by atomic mass is 10.2. The van der Waals surface area contributed by atoms with E-state index in [0.29, 0.717) is 0 Å². The van der Waals surface area contributed by atoms with Gasteiger partial charge < -0.3 is 10.1 Å². The van der Waals surface area contributed by atoms with Crippen LogP contribution in [0.4, 0.5) is 0 Å². The lowest BCUT2D eigenvalue weighted by molar-refractivity contribution is 0.232. The van der Waals surface area contributed by atoms with Crippen LogP contribution in [0.3, 0.4) is 0 Å². The molecular weight excluding hydrogens is 369 g/mol. The first kappa shape index (κ1) is 23.8. The average molecular weight is 399 g/mol. The van der Waals surface area contributed by atoms with Gasteiger partial charge in [-0.2, -0.15) is 0 Å². The summed E-state index contributed by atoms with van der Waals surface area (Å²) in [4.78, 5) is 4.98. The van der Waals surface area contributed by atoms with Gasteiger partial charge in [0.25, 0.3) is 0 Å². The molecule has 2 aliphatic heterocycles. The Bertz CT molecular complexity index is 422. The van der Waals surface area contributed by atoms with Gasteiger partial charge in [0.05, 0.1) is 0 Å². The predicted molar refractivity (Wildman–Crippen MR) is 108 cm³/mol. The molecule has 0 aliphatic carbocycles. The number of rotatable bonds is 6. The van der Waals surface area contributed by atoms with Crippen molar-refractivity contribution in [3.63, 3.8) is 0 Å². The molecule has 0 amide bonds. The smallest absolute Gasteiger partial charge is 0.119 e. The summed E-state index contributed by atoms with van der Waals surface area (Å²) in [7, 11) is 0. The molecule has 2 fully saturated rings. The third kappa shape index (κ3) is 7.77. The molecule has 24 heavy (non-hydrogen) atoms. The molecule has 0 aromatic heterocycles. The normalized spacial score (nSPS) is 18.2. The Morgan fingerprint density at radius 3 is 2.08 bits per heavy atom. The number of nitrogens with one attached hydrogen (secondary N) is 1. The van der Waals surface area contributed by atoms with Crippen LogP contribution >= 0.6 is 37.2 Å². The molecule has 1 N–H and O–H groups in total. The van der Waals surface area contributed by atoms with Crippen LogP contribution in [0, 0.1) is 0 Å². The SMILES string of the molecule is Cl.Cl.Cl.c1cc(OCCN2CCCC2)ccc1CN1CCNCC1. The Morgan fingerprint density at radius 2 is 1.46 bits per heavy atom. The molecule has 140 valence electrons. The van der Waals surface area contributed by atoms with Crippen molar-refractivity contribution >= 4 is 37.2 Å². The van der Waals surface area contributed by atoms with E-state index in [-0.39, 0.29) is 37.2 Å². The fraction of sp³-hybridized carbons (Fsp3) is 0.647. The van der Waals surface area contributed by atoms with E-state index in [9.17, 15) is 0 Å². The highest BCUT2D eigenvalue weighted by molar-refractivity contribution is 5.86. The lowest BCUT2D eigenvalue weighted by Crippen LogP contribution is -2.42. The first-order valence-corrected chi connectivity index (χ1v) is 8.27. The van der Waals surface area contributed by atoms with E-state index in [1.807, 2.05) is 0 Å². The zero-order valence-corrected chi connectivity index (χ0v) is 16.6. The first-order valence-electron chi connectivity index (χ1n) is 8.27. The van der Waals surface area contributed by atoms with Crippen LogP contribution in [0.25, 0.3) is 0 Å². The second-order valence-electron chi connectivity index (χ2n) is 6.07. The van der Waals surface area contributed by atoms with Gasteiger partial charge >= 0.3 is 0 Å². The van der Waals surface area contributed by atoms with Gasteiger partial charge in [-0.3, -0.25) is 9.80 Å². The van der Waals surface area contributed by atoms with Crippen molar-refractivity contribution in [3.8, 4) is 5.75 Å². The van der Waals surface area contributed by atoms with Crippen molar-refractivity contribution in [3.05, 3.63) is 29.8 Å². The molecule has 2 saturated heterocycles. The topological polar surface area (TPSA) is 27.7 Å². The van der Waals surface area contributed by atoms with Crippen molar-refractivity contribution in [1.82, 2.24) is 15.1 Å². The molecule has 7 heteroatoms. The van der Waals surface area contributed by atoms with Gasteiger partial charge in [-0.15, -0.1) is 37.2 Å². The number of likely N-dealkylation sites (tertiary alicyclic amines) is 1. The third-order valence-corrected chi connectivity index (χ3v) is 4.41. The van der Waals surface area contributed by atoms with Gasteiger partial charge in [-0.25, -0.2) is 0 Å². The van der Waals surface area contributed by atoms with Crippen LogP contribution in [-0.4, -0.2) is 62.2 Å². The Morgan fingerprint density at radius 1 is 0.833 bits per heavy atom. The van der Waals surface area contributed by atoms with E-state index in [4.69, 9.17) is 4.74 Å². The molecule has 0 atom stereocenters. The lowest BCUT2D eigenvalue weighted by Gasteiger charge is -2.27. The predicted octanol–water partition coefficient (Wildman–Crippen LogP) is 2.83. The molecule has 2 heterocycles. The summed E-state index contributed by atoms with van der Waals surface area (Å²) in [5.74, 6) is 0.998. The second kappa shape index (κ2) is 13.0. The number of benzene rings is 1. The van der Waals surface area contributed by atoms with Gasteiger partial charge in [0.15, 0.2) is 0 Å². The standard InChI is InChI=1S/C17H27N3O.3ClH/c1-2-10-19(9-1)13-14-21-17-5-3-16(4-6-17)15-20-11-7-18-8-12-20;;;/h3-6,18H,1-2,7-15H2;3*1H. The van der Waals surface area contributed by atoms with Gasteiger partial charge in [0.1, 0.15) is 12.4 Å². The Kier molecular flexibility index (Phi) is 12.9. The summed E-state index contributed by atoms with van der Waals surface area (Å²) >= 11 is 0. The maximum absolute atomic E-state index is 5.85. The van der Waals surface area contributed by atoms with E-state index in [1.165, 1.54) is 31.5 Å². The fourth-order valence-electron chi connectivity index (χ4n) is 3.12. The van der Waals surface area contributed by atoms with Crippen molar-refractivity contribution in [2.45, 2.75) is 19.4 Å². The maximum Gasteiger partial charge on any atom is 0.119 e. The number of ether oxygens (including phenoxy) is 1. The number of hydrogen-bond donors (Lipinski definition) is 1. The molecular formula is C17H30Cl3N3O. The molecule has 1 aromatic rings. The van der Waals surface area contributed by atoms with E-state index < -0.39 is 0 Å². The van der Waals surface area contributed by atoms with Crippen LogP contribution in [-0.2, 0) is 6.54 Å². The van der Waals surface area contributed by atoms with Crippen LogP contribution in [0.5, 0.6) is 5.75 Å². The molecule has 2 aliphatic rings. The second-order valence-corrected chi connectivity index (χ2v) is 6.07. The van der Waals surface area contributed by atoms with Crippen molar-refractivity contribution < 1.29 is 4.74 Å². The average Bonchev–Trinajstić information content (AvgIpc) is 3.03. The fourth-order valence-corrected chi connectivity index (χ4v) is 3.12. The van der Waals surface area contributed by atoms with Gasteiger partial charge in [0.2, 0.25) is 0 Å². The summed E-state index contributed by atoms with van der Waals surface area (Å²) in [6.45, 7) is 9.91. The minimum atomic E-state index is 0. The Balaban J connectivity index is 0.00000176. The highest BCUT2D eigenvalue weighted by atomic mass is 35.5. The van der Waals surface area contributed by atoms with Crippen molar-refractivity contribution in [2.24, 2.45) is 0 Å². The van der Waals surface area contributed by atoms with E-state index in [1.54, 1.807) is 0 Å². The molecule has 0 bridgehead atoms. The minimum absolute atomic E-state index is 0. The highest BCUT2D eigenvalue weighted by Crippen LogP contribution is 2.14. The van der Waals surface area contributed by atoms with E-state index >= 15 is 0 Å². The van der Waals surface area contributed by atoms with Gasteiger partial charge in [-0.1, -0.05) is 12.1 Å². The van der Waals surface area contributed by atoms with Gasteiger partial charge in [0, 0.05) is 39.3 Å². The number of halogens is 3. The summed E-state index contributed by atoms with van der Waals surface area (Å²) in [5, 5.41) is 3.39. The molecule has 0 spiro atoms. The van der Waals surface area contributed by atoms with Crippen LogP contribution in [0.15, 0.2) is 24.3 Å². The number of hydrogen-bond acceptors (Lipinski definition) is 4. The summed E-state index contributed by atoms with van der Waals surface area (Å²) in [5.41, 5.74) is 1.38. The monoisotopic (exact) mass is 397 g/mol. The van der Waals surface area contributed by atoms with Crippen LogP contribution < -0.4 is 10.1 Å². The maximum atomic E-state index is 5.85. The van der Waals surface area contributed by atoms with Crippen LogP contribution in [0.1, 0.15) is 18.4 Å². The Labute approximate surface area is 164 Å². The molecule has 1 aromatic carbocycles. The summed E-state index contributed by atoms with van der Waals surface area (Å²) < 4.78 is 5.85. The third-order valence-electron chi connectivity index (χ3n) is 4.41. The van der Waals surface area contributed by atoms with Crippen LogP contribution in [0.2, 0.25) is 0 Å². The number of nitrogens with zero attached hydrogens (tertiary/aromatic N) is 2. The minimum Gasteiger partial charge on any atom is -0.492 e. The van der Waals surface area contributed by atoms with E-state index in [0.717, 1.165) is 51.6 Å². The number of piperazine rings is 1. The molecule has 0 radical (unpaired) electrons. The Hall–Kier alpha value is -0.230. The highest BCUT2D eigenvalue weighted by Gasteiger charge is 2.11. The van der Waals surface area contributed by atoms with Crippen molar-refractivity contribution in [2.75, 3.05) is 52.4 Å². The summed E-state index contributed by atoms with van der Waals surface area (Å²) in [6, 6.07) is 8.63.